The highest BCUT2D eigenvalue weighted by atomic mass is 32.2. The number of nitrogens with zero attached hydrogens (tertiary/aromatic N) is 2. The van der Waals surface area contributed by atoms with E-state index in [1.165, 1.54) is 23.5 Å². The van der Waals surface area contributed by atoms with Crippen molar-refractivity contribution in [2.75, 3.05) is 39.9 Å². The molecule has 2 aromatic carbocycles. The van der Waals surface area contributed by atoms with Gasteiger partial charge in [0.15, 0.2) is 0 Å². The van der Waals surface area contributed by atoms with Crippen LogP contribution in [0.4, 0.5) is 0 Å². The molecule has 0 spiro atoms. The molecule has 0 atom stereocenters. The molecule has 1 aliphatic rings. The van der Waals surface area contributed by atoms with E-state index >= 15 is 0 Å². The Morgan fingerprint density at radius 3 is 2.31 bits per heavy atom. The molecule has 1 saturated heterocycles. The summed E-state index contributed by atoms with van der Waals surface area (Å²) in [6.07, 6.45) is 1.66. The fourth-order valence-corrected chi connectivity index (χ4v) is 5.42. The van der Waals surface area contributed by atoms with Crippen LogP contribution in [0.2, 0.25) is 0 Å². The van der Waals surface area contributed by atoms with Crippen LogP contribution in [0, 0.1) is 5.92 Å². The Kier molecular flexibility index (Phi) is 8.15. The first-order chi connectivity index (χ1) is 15.4. The van der Waals surface area contributed by atoms with Gasteiger partial charge < -0.3 is 14.4 Å². The van der Waals surface area contributed by atoms with Gasteiger partial charge in [0.05, 0.1) is 24.2 Å². The van der Waals surface area contributed by atoms with Crippen LogP contribution in [-0.2, 0) is 10.0 Å². The van der Waals surface area contributed by atoms with Crippen molar-refractivity contribution >= 4 is 15.9 Å². The fourth-order valence-electron chi connectivity index (χ4n) is 3.93. The molecule has 0 aliphatic carbocycles. The Labute approximate surface area is 191 Å². The maximum Gasteiger partial charge on any atom is 0.257 e. The zero-order valence-corrected chi connectivity index (χ0v) is 19.8. The van der Waals surface area contributed by atoms with Crippen LogP contribution >= 0.6 is 0 Å². The molecular weight excluding hydrogens is 428 g/mol. The number of ether oxygens (including phenoxy) is 2. The van der Waals surface area contributed by atoms with Crippen LogP contribution in [0.1, 0.15) is 37.0 Å². The number of carbonyl (C=O) groups excluding carboxylic acids is 1. The van der Waals surface area contributed by atoms with E-state index in [2.05, 4.69) is 0 Å². The predicted molar refractivity (Wildman–Crippen MR) is 124 cm³/mol. The first-order valence-corrected chi connectivity index (χ1v) is 12.5. The van der Waals surface area contributed by atoms with Crippen LogP contribution in [0.5, 0.6) is 11.5 Å². The molecule has 3 rings (SSSR count). The smallest absolute Gasteiger partial charge is 0.257 e. The summed E-state index contributed by atoms with van der Waals surface area (Å²) in [5, 5.41) is 0. The van der Waals surface area contributed by atoms with Crippen molar-refractivity contribution < 1.29 is 22.7 Å². The number of methoxy groups -OCH3 is 1. The van der Waals surface area contributed by atoms with Crippen molar-refractivity contribution in [1.29, 1.82) is 0 Å². The van der Waals surface area contributed by atoms with Gasteiger partial charge in [0, 0.05) is 26.2 Å². The molecule has 174 valence electrons. The van der Waals surface area contributed by atoms with Gasteiger partial charge in [0.25, 0.3) is 5.91 Å². The summed E-state index contributed by atoms with van der Waals surface area (Å²) in [5.74, 6) is 1.39. The van der Waals surface area contributed by atoms with Crippen molar-refractivity contribution in [2.45, 2.75) is 31.6 Å². The number of carbonyl (C=O) groups is 1. The minimum Gasteiger partial charge on any atom is -0.496 e. The van der Waals surface area contributed by atoms with Crippen molar-refractivity contribution in [3.05, 3.63) is 54.1 Å². The number of para-hydroxylation sites is 1. The Hall–Kier alpha value is -2.58. The van der Waals surface area contributed by atoms with E-state index in [-0.39, 0.29) is 16.4 Å². The summed E-state index contributed by atoms with van der Waals surface area (Å²) in [5.41, 5.74) is 0.278. The summed E-state index contributed by atoms with van der Waals surface area (Å²) in [7, 11) is -2.18. The lowest BCUT2D eigenvalue weighted by Crippen LogP contribution is -2.40. The fraction of sp³-hybridized carbons (Fsp3) is 0.458. The summed E-state index contributed by atoms with van der Waals surface area (Å²) in [4.78, 5) is 15.1. The van der Waals surface area contributed by atoms with Crippen molar-refractivity contribution in [3.8, 4) is 11.5 Å². The molecule has 1 aliphatic heterocycles. The highest BCUT2D eigenvalue weighted by Gasteiger charge is 2.28. The molecule has 32 heavy (non-hydrogen) atoms. The van der Waals surface area contributed by atoms with E-state index in [0.29, 0.717) is 44.5 Å². The lowest BCUT2D eigenvalue weighted by Gasteiger charge is -2.32. The van der Waals surface area contributed by atoms with E-state index in [1.54, 1.807) is 24.8 Å². The number of benzene rings is 2. The summed E-state index contributed by atoms with van der Waals surface area (Å²) in [6.45, 7) is 6.13. The first kappa shape index (κ1) is 24.1. The number of hydrogen-bond donors (Lipinski definition) is 0. The first-order valence-electron chi connectivity index (χ1n) is 11.1. The van der Waals surface area contributed by atoms with E-state index in [0.717, 1.165) is 18.6 Å². The number of rotatable bonds is 9. The Bertz CT molecular complexity index is 998. The van der Waals surface area contributed by atoms with Gasteiger partial charge in [-0.2, -0.15) is 4.31 Å². The zero-order chi connectivity index (χ0) is 23.1. The Balaban J connectivity index is 1.69. The molecule has 1 amide bonds. The van der Waals surface area contributed by atoms with Gasteiger partial charge in [-0.3, -0.25) is 4.79 Å². The van der Waals surface area contributed by atoms with Gasteiger partial charge in [-0.15, -0.1) is 0 Å². The second-order valence-electron chi connectivity index (χ2n) is 7.81. The largest absolute Gasteiger partial charge is 0.496 e. The highest BCUT2D eigenvalue weighted by Crippen LogP contribution is 2.28. The van der Waals surface area contributed by atoms with Crippen LogP contribution in [0.3, 0.4) is 0 Å². The quantitative estimate of drug-likeness (QED) is 0.571. The van der Waals surface area contributed by atoms with E-state index in [9.17, 15) is 13.2 Å². The van der Waals surface area contributed by atoms with Crippen molar-refractivity contribution in [3.63, 3.8) is 0 Å². The number of likely N-dealkylation sites (tertiary alicyclic amines) is 1. The van der Waals surface area contributed by atoms with Crippen molar-refractivity contribution in [2.24, 2.45) is 5.92 Å². The molecule has 0 saturated carbocycles. The van der Waals surface area contributed by atoms with Gasteiger partial charge in [0.2, 0.25) is 10.0 Å². The molecule has 1 fully saturated rings. The summed E-state index contributed by atoms with van der Waals surface area (Å²) >= 11 is 0. The maximum absolute atomic E-state index is 13.3. The number of hydrogen-bond acceptors (Lipinski definition) is 5. The second-order valence-corrected chi connectivity index (χ2v) is 9.75. The lowest BCUT2D eigenvalue weighted by atomic mass is 9.97. The zero-order valence-electron chi connectivity index (χ0n) is 19.0. The predicted octanol–water partition coefficient (Wildman–Crippen LogP) is 3.66. The van der Waals surface area contributed by atoms with Crippen molar-refractivity contribution in [1.82, 2.24) is 9.21 Å². The van der Waals surface area contributed by atoms with Crippen LogP contribution in [0.15, 0.2) is 53.4 Å². The normalized spacial score (nSPS) is 15.1. The third kappa shape index (κ3) is 5.42. The molecule has 1 heterocycles. The molecule has 7 nitrogen and oxygen atoms in total. The number of piperidine rings is 1. The van der Waals surface area contributed by atoms with Crippen LogP contribution in [-0.4, -0.2) is 63.4 Å². The molecule has 2 aromatic rings. The van der Waals surface area contributed by atoms with Gasteiger partial charge in [-0.1, -0.05) is 32.0 Å². The minimum atomic E-state index is -3.66. The SMILES string of the molecule is CCN(CC)S(=O)(=O)c1ccc(OC)c(C(=O)N2CCC(COc3ccccc3)CC2)c1. The van der Waals surface area contributed by atoms with Gasteiger partial charge in [0.1, 0.15) is 11.5 Å². The minimum absolute atomic E-state index is 0.108. The Morgan fingerprint density at radius 1 is 1.06 bits per heavy atom. The summed E-state index contributed by atoms with van der Waals surface area (Å²) in [6, 6.07) is 14.2. The molecule has 0 N–H and O–H groups in total. The van der Waals surface area contributed by atoms with Gasteiger partial charge in [-0.25, -0.2) is 8.42 Å². The average molecular weight is 461 g/mol. The monoisotopic (exact) mass is 460 g/mol. The van der Waals surface area contributed by atoms with Crippen LogP contribution < -0.4 is 9.47 Å². The topological polar surface area (TPSA) is 76.2 Å². The lowest BCUT2D eigenvalue weighted by molar-refractivity contribution is 0.0657. The highest BCUT2D eigenvalue weighted by molar-refractivity contribution is 7.89. The summed E-state index contributed by atoms with van der Waals surface area (Å²) < 4.78 is 38.5. The maximum atomic E-state index is 13.3. The van der Waals surface area contributed by atoms with E-state index < -0.39 is 10.0 Å². The van der Waals surface area contributed by atoms with E-state index in [1.807, 2.05) is 30.3 Å². The van der Waals surface area contributed by atoms with E-state index in [4.69, 9.17) is 9.47 Å². The standard InChI is InChI=1S/C24H32N2O5S/c1-4-26(5-2)32(28,29)21-11-12-23(30-3)22(17-21)24(27)25-15-13-19(14-16-25)18-31-20-9-7-6-8-10-20/h6-12,17,19H,4-5,13-16,18H2,1-3H3. The number of sulfonamides is 1. The average Bonchev–Trinajstić information content (AvgIpc) is 2.83. The van der Waals surface area contributed by atoms with Crippen LogP contribution in [0.25, 0.3) is 0 Å². The molecular formula is C24H32N2O5S. The molecule has 0 unspecified atom stereocenters. The Morgan fingerprint density at radius 2 is 1.72 bits per heavy atom. The molecule has 0 aromatic heterocycles. The second kappa shape index (κ2) is 10.8. The third-order valence-electron chi connectivity index (χ3n) is 5.88. The molecule has 8 heteroatoms. The van der Waals surface area contributed by atoms with Gasteiger partial charge >= 0.3 is 0 Å². The third-order valence-corrected chi connectivity index (χ3v) is 7.92. The molecule has 0 bridgehead atoms. The van der Waals surface area contributed by atoms with Gasteiger partial charge in [-0.05, 0) is 49.1 Å². The molecule has 0 radical (unpaired) electrons. The number of amides is 1.